The monoisotopic (exact) mass is 137 g/mol. The van der Waals surface area contributed by atoms with Gasteiger partial charge < -0.3 is 10.2 Å². The van der Waals surface area contributed by atoms with Crippen LogP contribution in [0.3, 0.4) is 0 Å². The number of carbonyl (C=O) groups excluding carboxylic acids is 1. The molecule has 1 heterocycles. The summed E-state index contributed by atoms with van der Waals surface area (Å²) in [6.45, 7) is 0. The Hall–Kier alpha value is -1.09. The summed E-state index contributed by atoms with van der Waals surface area (Å²) >= 11 is 0. The molecule has 1 aliphatic carbocycles. The van der Waals surface area contributed by atoms with Gasteiger partial charge in [-0.25, -0.2) is 0 Å². The highest BCUT2D eigenvalue weighted by Gasteiger charge is 2.29. The van der Waals surface area contributed by atoms with Crippen LogP contribution in [0.15, 0.2) is 16.7 Å². The van der Waals surface area contributed by atoms with Crippen molar-refractivity contribution in [3.05, 3.63) is 23.7 Å². The minimum Gasteiger partial charge on any atom is -0.461 e. The third-order valence-corrected chi connectivity index (χ3v) is 1.75. The average molecular weight is 137 g/mol. The zero-order chi connectivity index (χ0) is 7.14. The lowest BCUT2D eigenvalue weighted by molar-refractivity contribution is 0.0965. The summed E-state index contributed by atoms with van der Waals surface area (Å²) in [5.41, 5.74) is 6.45. The number of furan rings is 1. The zero-order valence-electron chi connectivity index (χ0n) is 5.33. The van der Waals surface area contributed by atoms with E-state index in [1.54, 1.807) is 6.07 Å². The van der Waals surface area contributed by atoms with E-state index in [1.165, 1.54) is 6.26 Å². The summed E-state index contributed by atoms with van der Waals surface area (Å²) in [5, 5.41) is 0. The molecule has 3 heteroatoms. The van der Waals surface area contributed by atoms with Gasteiger partial charge in [0.2, 0.25) is 0 Å². The number of fused-ring (bicyclic) bond motifs is 1. The van der Waals surface area contributed by atoms with Crippen LogP contribution in [0.2, 0.25) is 0 Å². The van der Waals surface area contributed by atoms with E-state index < -0.39 is 0 Å². The van der Waals surface area contributed by atoms with Gasteiger partial charge in [-0.15, -0.1) is 0 Å². The van der Waals surface area contributed by atoms with Crippen LogP contribution in [0.4, 0.5) is 0 Å². The molecule has 0 bridgehead atoms. The summed E-state index contributed by atoms with van der Waals surface area (Å²) in [4.78, 5) is 11.0. The van der Waals surface area contributed by atoms with E-state index in [4.69, 9.17) is 10.2 Å². The van der Waals surface area contributed by atoms with Crippen LogP contribution in [0.25, 0.3) is 0 Å². The van der Waals surface area contributed by atoms with Crippen molar-refractivity contribution in [3.8, 4) is 0 Å². The van der Waals surface area contributed by atoms with Crippen LogP contribution < -0.4 is 5.73 Å². The molecule has 52 valence electrons. The molecular weight excluding hydrogens is 130 g/mol. The summed E-state index contributed by atoms with van der Waals surface area (Å²) < 4.78 is 4.93. The maximum atomic E-state index is 11.0. The van der Waals surface area contributed by atoms with Crippen LogP contribution in [0.5, 0.6) is 0 Å². The Balaban J connectivity index is 2.58. The summed E-state index contributed by atoms with van der Waals surface area (Å²) in [6, 6.07) is 1.62. The molecule has 0 saturated heterocycles. The predicted octanol–water partition coefficient (Wildman–Crippen LogP) is 0.866. The van der Waals surface area contributed by atoms with Crippen LogP contribution in [0.1, 0.15) is 28.6 Å². The van der Waals surface area contributed by atoms with Crippen LogP contribution in [-0.2, 0) is 0 Å². The molecule has 2 rings (SSSR count). The first-order valence-electron chi connectivity index (χ1n) is 3.15. The summed E-state index contributed by atoms with van der Waals surface area (Å²) in [5.74, 6) is 0.472. The molecule has 1 atom stereocenters. The van der Waals surface area contributed by atoms with Crippen LogP contribution in [0, 0.1) is 0 Å². The Morgan fingerprint density at radius 3 is 3.20 bits per heavy atom. The maximum absolute atomic E-state index is 11.0. The lowest BCUT2D eigenvalue weighted by atomic mass is 10.2. The number of Topliss-reactive ketones (excluding diaryl/α,β-unsaturated/α-hetero) is 1. The molecular formula is C7H7NO2. The number of ketones is 1. The van der Waals surface area contributed by atoms with Crippen molar-refractivity contribution >= 4 is 5.78 Å². The van der Waals surface area contributed by atoms with Gasteiger partial charge in [-0.05, 0) is 6.07 Å². The van der Waals surface area contributed by atoms with Gasteiger partial charge in [0, 0.05) is 18.0 Å². The Morgan fingerprint density at radius 1 is 1.70 bits per heavy atom. The first-order valence-corrected chi connectivity index (χ1v) is 3.15. The quantitative estimate of drug-likeness (QED) is 0.577. The predicted molar refractivity (Wildman–Crippen MR) is 34.6 cm³/mol. The van der Waals surface area contributed by atoms with Gasteiger partial charge >= 0.3 is 0 Å². The topological polar surface area (TPSA) is 56.2 Å². The van der Waals surface area contributed by atoms with Crippen molar-refractivity contribution in [1.82, 2.24) is 0 Å². The number of hydrogen-bond acceptors (Lipinski definition) is 3. The first-order chi connectivity index (χ1) is 4.79. The van der Waals surface area contributed by atoms with Crippen molar-refractivity contribution in [2.75, 3.05) is 0 Å². The van der Waals surface area contributed by atoms with Gasteiger partial charge in [-0.1, -0.05) is 0 Å². The van der Waals surface area contributed by atoms with Crippen molar-refractivity contribution in [2.45, 2.75) is 12.5 Å². The molecule has 1 aromatic heterocycles. The molecule has 0 amide bonds. The van der Waals surface area contributed by atoms with E-state index in [0.717, 1.165) is 5.56 Å². The SMILES string of the molecule is NC1CC(=O)c2occc21. The molecule has 1 aromatic rings. The number of hydrogen-bond donors (Lipinski definition) is 1. The van der Waals surface area contributed by atoms with E-state index in [9.17, 15) is 4.79 Å². The number of carbonyl (C=O) groups is 1. The molecule has 0 aliphatic heterocycles. The smallest absolute Gasteiger partial charge is 0.200 e. The maximum Gasteiger partial charge on any atom is 0.200 e. The molecule has 0 radical (unpaired) electrons. The molecule has 1 aliphatic rings. The summed E-state index contributed by atoms with van der Waals surface area (Å²) in [7, 11) is 0. The molecule has 3 nitrogen and oxygen atoms in total. The third-order valence-electron chi connectivity index (χ3n) is 1.75. The average Bonchev–Trinajstić information content (AvgIpc) is 2.39. The first kappa shape index (κ1) is 5.68. The Labute approximate surface area is 57.8 Å². The minimum absolute atomic E-state index is 0.0208. The molecule has 10 heavy (non-hydrogen) atoms. The van der Waals surface area contributed by atoms with E-state index >= 15 is 0 Å². The highest BCUT2D eigenvalue weighted by molar-refractivity contribution is 5.98. The second-order valence-corrected chi connectivity index (χ2v) is 2.44. The van der Waals surface area contributed by atoms with Crippen molar-refractivity contribution < 1.29 is 9.21 Å². The molecule has 0 fully saturated rings. The molecule has 2 N–H and O–H groups in total. The number of rotatable bonds is 0. The van der Waals surface area contributed by atoms with Gasteiger partial charge in [-0.2, -0.15) is 0 Å². The lowest BCUT2D eigenvalue weighted by Gasteiger charge is -1.94. The van der Waals surface area contributed by atoms with Crippen molar-refractivity contribution in [1.29, 1.82) is 0 Å². The van der Waals surface area contributed by atoms with E-state index in [0.29, 0.717) is 12.2 Å². The second-order valence-electron chi connectivity index (χ2n) is 2.44. The fraction of sp³-hybridized carbons (Fsp3) is 0.286. The van der Waals surface area contributed by atoms with Gasteiger partial charge in [0.25, 0.3) is 0 Å². The number of nitrogens with two attached hydrogens (primary N) is 1. The second kappa shape index (κ2) is 1.70. The lowest BCUT2D eigenvalue weighted by Crippen LogP contribution is -2.05. The zero-order valence-corrected chi connectivity index (χ0v) is 5.33. The van der Waals surface area contributed by atoms with Gasteiger partial charge in [-0.3, -0.25) is 4.79 Å². The van der Waals surface area contributed by atoms with E-state index in [-0.39, 0.29) is 11.8 Å². The van der Waals surface area contributed by atoms with Gasteiger partial charge in [0.15, 0.2) is 11.5 Å². The molecule has 0 saturated carbocycles. The fourth-order valence-corrected chi connectivity index (χ4v) is 1.24. The third kappa shape index (κ3) is 0.552. The van der Waals surface area contributed by atoms with Crippen molar-refractivity contribution in [2.24, 2.45) is 5.73 Å². The normalized spacial score (nSPS) is 23.3. The van der Waals surface area contributed by atoms with Crippen LogP contribution >= 0.6 is 0 Å². The summed E-state index contributed by atoms with van der Waals surface area (Å²) in [6.07, 6.45) is 1.90. The Morgan fingerprint density at radius 2 is 2.50 bits per heavy atom. The van der Waals surface area contributed by atoms with E-state index in [2.05, 4.69) is 0 Å². The Kier molecular flexibility index (Phi) is 0.964. The largest absolute Gasteiger partial charge is 0.461 e. The minimum atomic E-state index is -0.138. The molecule has 0 aromatic carbocycles. The van der Waals surface area contributed by atoms with Gasteiger partial charge in [0.05, 0.1) is 6.26 Å². The Bertz CT molecular complexity index is 277. The van der Waals surface area contributed by atoms with Crippen molar-refractivity contribution in [3.63, 3.8) is 0 Å². The van der Waals surface area contributed by atoms with E-state index in [1.807, 2.05) is 0 Å². The standard InChI is InChI=1S/C7H7NO2/c8-5-3-6(9)7-4(5)1-2-10-7/h1-2,5H,3,8H2. The molecule has 1 unspecified atom stereocenters. The highest BCUT2D eigenvalue weighted by Crippen LogP contribution is 2.29. The fourth-order valence-electron chi connectivity index (χ4n) is 1.24. The van der Waals surface area contributed by atoms with Gasteiger partial charge in [0.1, 0.15) is 0 Å². The van der Waals surface area contributed by atoms with Crippen LogP contribution in [-0.4, -0.2) is 5.78 Å². The highest BCUT2D eigenvalue weighted by atomic mass is 16.3. The molecule has 0 spiro atoms.